The van der Waals surface area contributed by atoms with E-state index in [0.717, 1.165) is 29.5 Å². The van der Waals surface area contributed by atoms with Gasteiger partial charge >= 0.3 is 0 Å². The van der Waals surface area contributed by atoms with Gasteiger partial charge in [0.25, 0.3) is 0 Å². The molecular formula is C19H30IN5O2. The number of nitrogens with zero attached hydrogens (tertiary/aromatic N) is 3. The zero-order chi connectivity index (χ0) is 19.1. The van der Waals surface area contributed by atoms with E-state index in [1.807, 2.05) is 43.8 Å². The van der Waals surface area contributed by atoms with Crippen molar-refractivity contribution >= 4 is 29.9 Å². The van der Waals surface area contributed by atoms with Crippen LogP contribution in [-0.2, 0) is 20.1 Å². The molecule has 0 unspecified atom stereocenters. The van der Waals surface area contributed by atoms with Crippen molar-refractivity contribution in [3.8, 4) is 11.5 Å². The van der Waals surface area contributed by atoms with Crippen molar-refractivity contribution in [2.75, 3.05) is 20.8 Å². The van der Waals surface area contributed by atoms with E-state index in [9.17, 15) is 0 Å². The van der Waals surface area contributed by atoms with Crippen LogP contribution in [0.5, 0.6) is 11.5 Å². The first-order valence-corrected chi connectivity index (χ1v) is 8.72. The first kappa shape index (κ1) is 23.1. The van der Waals surface area contributed by atoms with Crippen molar-refractivity contribution in [2.45, 2.75) is 33.9 Å². The van der Waals surface area contributed by atoms with E-state index in [2.05, 4.69) is 27.6 Å². The molecule has 0 radical (unpaired) electrons. The van der Waals surface area contributed by atoms with Crippen LogP contribution >= 0.6 is 24.0 Å². The Balaban J connectivity index is 0.00000364. The maximum absolute atomic E-state index is 5.35. The van der Waals surface area contributed by atoms with Gasteiger partial charge in [-0.15, -0.1) is 24.0 Å². The molecule has 8 heteroatoms. The average Bonchev–Trinajstić information content (AvgIpc) is 2.89. The monoisotopic (exact) mass is 487 g/mol. The fourth-order valence-corrected chi connectivity index (χ4v) is 2.74. The van der Waals surface area contributed by atoms with E-state index in [0.29, 0.717) is 24.6 Å². The number of ether oxygens (including phenoxy) is 2. The van der Waals surface area contributed by atoms with E-state index in [-0.39, 0.29) is 24.0 Å². The number of rotatable bonds is 7. The normalized spacial score (nSPS) is 11.0. The summed E-state index contributed by atoms with van der Waals surface area (Å²) in [7, 11) is 5.22. The second-order valence-corrected chi connectivity index (χ2v) is 6.01. The van der Waals surface area contributed by atoms with Crippen LogP contribution in [0, 0.1) is 13.8 Å². The fraction of sp³-hybridized carbons (Fsp3) is 0.474. The van der Waals surface area contributed by atoms with Crippen LogP contribution in [0.25, 0.3) is 0 Å². The number of aryl methyl sites for hydroxylation is 2. The molecule has 2 rings (SSSR count). The van der Waals surface area contributed by atoms with Crippen molar-refractivity contribution in [2.24, 2.45) is 12.0 Å². The second kappa shape index (κ2) is 11.0. The number of aliphatic imine (C=N–C) groups is 1. The Bertz CT molecular complexity index is 774. The van der Waals surface area contributed by atoms with Gasteiger partial charge in [0.05, 0.1) is 26.5 Å². The number of nitrogens with one attached hydrogen (secondary N) is 2. The molecule has 0 aliphatic rings. The first-order valence-electron chi connectivity index (χ1n) is 8.72. The molecule has 0 spiro atoms. The molecule has 0 aliphatic carbocycles. The number of hydrogen-bond acceptors (Lipinski definition) is 4. The molecule has 1 aromatic heterocycles. The summed E-state index contributed by atoms with van der Waals surface area (Å²) < 4.78 is 12.5. The number of halogens is 1. The summed E-state index contributed by atoms with van der Waals surface area (Å²) in [5.41, 5.74) is 4.44. The van der Waals surface area contributed by atoms with Crippen LogP contribution in [-0.4, -0.2) is 36.5 Å². The molecule has 150 valence electrons. The van der Waals surface area contributed by atoms with Gasteiger partial charge in [-0.2, -0.15) is 5.10 Å². The van der Waals surface area contributed by atoms with Gasteiger partial charge in [-0.3, -0.25) is 4.68 Å². The highest BCUT2D eigenvalue weighted by Crippen LogP contribution is 2.27. The third-order valence-corrected chi connectivity index (χ3v) is 4.30. The lowest BCUT2D eigenvalue weighted by molar-refractivity contribution is 0.354. The molecule has 7 nitrogen and oxygen atoms in total. The van der Waals surface area contributed by atoms with Crippen molar-refractivity contribution < 1.29 is 9.47 Å². The Morgan fingerprint density at radius 3 is 2.41 bits per heavy atom. The molecule has 0 aliphatic heterocycles. The van der Waals surface area contributed by atoms with Gasteiger partial charge in [0.15, 0.2) is 17.5 Å². The standard InChI is InChI=1S/C19H29N5O2.HI/c1-7-20-19(22-12-16-13(2)23-24(4)14(16)3)21-11-15-8-9-17(25-5)18(10-15)26-6;/h8-10H,7,11-12H2,1-6H3,(H2,20,21,22);1H. The first-order chi connectivity index (χ1) is 12.5. The number of hydrogen-bond donors (Lipinski definition) is 2. The molecule has 0 saturated heterocycles. The summed E-state index contributed by atoms with van der Waals surface area (Å²) in [4.78, 5) is 4.67. The average molecular weight is 487 g/mol. The summed E-state index contributed by atoms with van der Waals surface area (Å²) in [6, 6.07) is 5.83. The Morgan fingerprint density at radius 2 is 1.85 bits per heavy atom. The van der Waals surface area contributed by atoms with E-state index >= 15 is 0 Å². The molecule has 0 bridgehead atoms. The highest BCUT2D eigenvalue weighted by Gasteiger charge is 2.10. The predicted octanol–water partition coefficient (Wildman–Crippen LogP) is 2.93. The number of methoxy groups -OCH3 is 2. The Labute approximate surface area is 178 Å². The summed E-state index contributed by atoms with van der Waals surface area (Å²) in [5.74, 6) is 2.19. The smallest absolute Gasteiger partial charge is 0.191 e. The lowest BCUT2D eigenvalue weighted by Gasteiger charge is -2.12. The molecule has 1 heterocycles. The molecule has 1 aromatic carbocycles. The van der Waals surface area contributed by atoms with Crippen LogP contribution in [0.15, 0.2) is 23.2 Å². The van der Waals surface area contributed by atoms with E-state index in [1.165, 1.54) is 5.56 Å². The molecule has 0 fully saturated rings. The quantitative estimate of drug-likeness (QED) is 0.357. The van der Waals surface area contributed by atoms with Crippen LogP contribution < -0.4 is 20.1 Å². The van der Waals surface area contributed by atoms with Crippen LogP contribution in [0.3, 0.4) is 0 Å². The molecule has 2 N–H and O–H groups in total. The maximum atomic E-state index is 5.35. The topological polar surface area (TPSA) is 72.7 Å². The lowest BCUT2D eigenvalue weighted by atomic mass is 10.2. The minimum absolute atomic E-state index is 0. The SMILES string of the molecule is CCNC(=NCc1ccc(OC)c(OC)c1)NCc1c(C)nn(C)c1C.I. The van der Waals surface area contributed by atoms with Crippen LogP contribution in [0.4, 0.5) is 0 Å². The van der Waals surface area contributed by atoms with Crippen molar-refractivity contribution in [3.05, 3.63) is 40.7 Å². The lowest BCUT2D eigenvalue weighted by Crippen LogP contribution is -2.37. The van der Waals surface area contributed by atoms with Gasteiger partial charge in [-0.05, 0) is 38.5 Å². The zero-order valence-electron chi connectivity index (χ0n) is 16.9. The van der Waals surface area contributed by atoms with E-state index in [1.54, 1.807) is 14.2 Å². The van der Waals surface area contributed by atoms with E-state index < -0.39 is 0 Å². The molecule has 27 heavy (non-hydrogen) atoms. The Kier molecular flexibility index (Phi) is 9.40. The molecule has 2 aromatic rings. The largest absolute Gasteiger partial charge is 0.493 e. The molecule has 0 atom stereocenters. The van der Waals surface area contributed by atoms with Gasteiger partial charge in [-0.1, -0.05) is 6.07 Å². The maximum Gasteiger partial charge on any atom is 0.191 e. The van der Waals surface area contributed by atoms with Gasteiger partial charge in [-0.25, -0.2) is 4.99 Å². The van der Waals surface area contributed by atoms with Crippen LogP contribution in [0.1, 0.15) is 29.4 Å². The van der Waals surface area contributed by atoms with Crippen molar-refractivity contribution in [3.63, 3.8) is 0 Å². The Morgan fingerprint density at radius 1 is 1.15 bits per heavy atom. The van der Waals surface area contributed by atoms with Crippen molar-refractivity contribution in [1.82, 2.24) is 20.4 Å². The summed E-state index contributed by atoms with van der Waals surface area (Å²) in [6.07, 6.45) is 0. The molecule has 0 saturated carbocycles. The minimum atomic E-state index is 0. The molecule has 0 amide bonds. The Hall–Kier alpha value is -1.97. The second-order valence-electron chi connectivity index (χ2n) is 6.01. The van der Waals surface area contributed by atoms with Crippen molar-refractivity contribution in [1.29, 1.82) is 0 Å². The third-order valence-electron chi connectivity index (χ3n) is 4.30. The highest BCUT2D eigenvalue weighted by molar-refractivity contribution is 14.0. The summed E-state index contributed by atoms with van der Waals surface area (Å²) >= 11 is 0. The van der Waals surface area contributed by atoms with Crippen LogP contribution in [0.2, 0.25) is 0 Å². The summed E-state index contributed by atoms with van der Waals surface area (Å²) in [6.45, 7) is 8.17. The van der Waals surface area contributed by atoms with Gasteiger partial charge in [0, 0.05) is 31.4 Å². The summed E-state index contributed by atoms with van der Waals surface area (Å²) in [5, 5.41) is 11.1. The van der Waals surface area contributed by atoms with Gasteiger partial charge < -0.3 is 20.1 Å². The number of guanidine groups is 1. The third kappa shape index (κ3) is 6.02. The zero-order valence-corrected chi connectivity index (χ0v) is 19.3. The van der Waals surface area contributed by atoms with Gasteiger partial charge in [0.1, 0.15) is 0 Å². The molecular weight excluding hydrogens is 457 g/mol. The van der Waals surface area contributed by atoms with Gasteiger partial charge in [0.2, 0.25) is 0 Å². The fourth-order valence-electron chi connectivity index (χ4n) is 2.74. The van der Waals surface area contributed by atoms with E-state index in [4.69, 9.17) is 9.47 Å². The highest BCUT2D eigenvalue weighted by atomic mass is 127. The number of aromatic nitrogens is 2. The minimum Gasteiger partial charge on any atom is -0.493 e. The predicted molar refractivity (Wildman–Crippen MR) is 119 cm³/mol. The number of benzene rings is 1.